The van der Waals surface area contributed by atoms with Crippen molar-refractivity contribution in [3.8, 4) is 10.6 Å². The Labute approximate surface area is 146 Å². The van der Waals surface area contributed by atoms with Crippen LogP contribution in [0, 0.1) is 5.41 Å². The van der Waals surface area contributed by atoms with Crippen LogP contribution >= 0.6 is 43.2 Å². The van der Waals surface area contributed by atoms with Crippen molar-refractivity contribution in [3.05, 3.63) is 37.7 Å². The Morgan fingerprint density at radius 3 is 2.71 bits per heavy atom. The van der Waals surface area contributed by atoms with E-state index in [4.69, 9.17) is 4.98 Å². The molecule has 1 atom stereocenters. The van der Waals surface area contributed by atoms with Gasteiger partial charge in [0.05, 0.1) is 5.69 Å². The zero-order chi connectivity index (χ0) is 15.2. The first-order chi connectivity index (χ1) is 9.89. The van der Waals surface area contributed by atoms with Gasteiger partial charge in [0.25, 0.3) is 0 Å². The summed E-state index contributed by atoms with van der Waals surface area (Å²) in [6.07, 6.45) is 2.23. The Balaban J connectivity index is 2.04. The lowest BCUT2D eigenvalue weighted by molar-refractivity contribution is 0.265. The number of halogens is 2. The van der Waals surface area contributed by atoms with E-state index < -0.39 is 0 Å². The second kappa shape index (κ2) is 5.76. The first kappa shape index (κ1) is 15.7. The smallest absolute Gasteiger partial charge is 0.123 e. The van der Waals surface area contributed by atoms with Crippen LogP contribution in [0.15, 0.2) is 27.1 Å². The van der Waals surface area contributed by atoms with Crippen molar-refractivity contribution in [2.75, 3.05) is 7.05 Å². The summed E-state index contributed by atoms with van der Waals surface area (Å²) in [7, 11) is 2.05. The molecule has 0 radical (unpaired) electrons. The minimum Gasteiger partial charge on any atom is -0.312 e. The second-order valence-corrected chi connectivity index (χ2v) is 9.08. The first-order valence-corrected chi connectivity index (χ1v) is 9.42. The van der Waals surface area contributed by atoms with Crippen molar-refractivity contribution in [2.45, 2.75) is 32.7 Å². The van der Waals surface area contributed by atoms with E-state index in [1.807, 2.05) is 18.4 Å². The first-order valence-electron chi connectivity index (χ1n) is 7.02. The number of nitrogens with zero attached hydrogens (tertiary/aromatic N) is 1. The molecule has 0 spiro atoms. The molecule has 0 fully saturated rings. The van der Waals surface area contributed by atoms with Crippen molar-refractivity contribution < 1.29 is 0 Å². The van der Waals surface area contributed by atoms with Gasteiger partial charge in [0, 0.05) is 25.4 Å². The molecule has 0 aliphatic heterocycles. The van der Waals surface area contributed by atoms with E-state index in [0.29, 0.717) is 11.5 Å². The third-order valence-electron chi connectivity index (χ3n) is 3.96. The van der Waals surface area contributed by atoms with Crippen LogP contribution in [0.25, 0.3) is 10.6 Å². The van der Waals surface area contributed by atoms with E-state index in [0.717, 1.165) is 20.4 Å². The molecule has 2 nitrogen and oxygen atoms in total. The van der Waals surface area contributed by atoms with Gasteiger partial charge < -0.3 is 5.32 Å². The summed E-state index contributed by atoms with van der Waals surface area (Å²) in [6.45, 7) is 4.66. The van der Waals surface area contributed by atoms with E-state index in [1.54, 1.807) is 0 Å². The third-order valence-corrected chi connectivity index (χ3v) is 7.10. The number of hydrogen-bond acceptors (Lipinski definition) is 3. The van der Waals surface area contributed by atoms with E-state index in [1.165, 1.54) is 22.6 Å². The predicted octanol–water partition coefficient (Wildman–Crippen LogP) is 5.57. The molecular formula is C16H18Br2N2S. The van der Waals surface area contributed by atoms with E-state index in [9.17, 15) is 0 Å². The molecule has 1 aliphatic rings. The average Bonchev–Trinajstić information content (AvgIpc) is 2.83. The fourth-order valence-electron chi connectivity index (χ4n) is 2.92. The fourth-order valence-corrected chi connectivity index (χ4v) is 4.73. The van der Waals surface area contributed by atoms with Crippen molar-refractivity contribution >= 4 is 43.2 Å². The van der Waals surface area contributed by atoms with Crippen LogP contribution in [0.1, 0.15) is 36.9 Å². The number of rotatable bonds is 2. The third kappa shape index (κ3) is 3.11. The molecule has 1 heterocycles. The van der Waals surface area contributed by atoms with Crippen molar-refractivity contribution in [3.63, 3.8) is 0 Å². The lowest BCUT2D eigenvalue weighted by atomic mass is 9.76. The molecule has 0 bridgehead atoms. The maximum atomic E-state index is 4.93. The highest BCUT2D eigenvalue weighted by Crippen LogP contribution is 2.45. The highest BCUT2D eigenvalue weighted by Gasteiger charge is 2.34. The molecule has 1 aromatic heterocycles. The van der Waals surface area contributed by atoms with Gasteiger partial charge in [0.15, 0.2) is 0 Å². The molecule has 1 N–H and O–H groups in total. The lowest BCUT2D eigenvalue weighted by Crippen LogP contribution is -2.30. The van der Waals surface area contributed by atoms with Gasteiger partial charge in [-0.3, -0.25) is 0 Å². The molecule has 1 aliphatic carbocycles. The largest absolute Gasteiger partial charge is 0.312 e. The SMILES string of the molecule is CNC1CC(C)(C)Cc2nc(-c3ccc(Br)c(Br)c3)sc21. The summed E-state index contributed by atoms with van der Waals surface area (Å²) in [4.78, 5) is 6.34. The number of aromatic nitrogens is 1. The quantitative estimate of drug-likeness (QED) is 0.674. The summed E-state index contributed by atoms with van der Waals surface area (Å²) in [5.74, 6) is 0. The Hall–Kier alpha value is -0.230. The van der Waals surface area contributed by atoms with Crippen LogP contribution in [0.2, 0.25) is 0 Å². The number of nitrogens with one attached hydrogen (secondary N) is 1. The zero-order valence-electron chi connectivity index (χ0n) is 12.3. The molecule has 0 saturated heterocycles. The fraction of sp³-hybridized carbons (Fsp3) is 0.438. The monoisotopic (exact) mass is 428 g/mol. The van der Waals surface area contributed by atoms with Crippen LogP contribution in [0.5, 0.6) is 0 Å². The van der Waals surface area contributed by atoms with Gasteiger partial charge in [-0.1, -0.05) is 19.9 Å². The van der Waals surface area contributed by atoms with Crippen LogP contribution in [0.4, 0.5) is 0 Å². The maximum absolute atomic E-state index is 4.93. The number of thiazole rings is 1. The maximum Gasteiger partial charge on any atom is 0.123 e. The molecule has 0 amide bonds. The lowest BCUT2D eigenvalue weighted by Gasteiger charge is -2.34. The Morgan fingerprint density at radius 1 is 1.29 bits per heavy atom. The molecule has 112 valence electrons. The number of fused-ring (bicyclic) bond motifs is 1. The Bertz CT molecular complexity index is 679. The molecule has 3 rings (SSSR count). The van der Waals surface area contributed by atoms with Crippen molar-refractivity contribution in [1.82, 2.24) is 10.3 Å². The minimum atomic E-state index is 0.312. The summed E-state index contributed by atoms with van der Waals surface area (Å²) < 4.78 is 2.14. The van der Waals surface area contributed by atoms with Gasteiger partial charge in [-0.05, 0) is 69.3 Å². The van der Waals surface area contributed by atoms with Gasteiger partial charge >= 0.3 is 0 Å². The molecule has 1 aromatic carbocycles. The number of hydrogen-bond donors (Lipinski definition) is 1. The topological polar surface area (TPSA) is 24.9 Å². The second-order valence-electron chi connectivity index (χ2n) is 6.35. The highest BCUT2D eigenvalue weighted by molar-refractivity contribution is 9.13. The molecule has 5 heteroatoms. The van der Waals surface area contributed by atoms with Crippen LogP contribution in [-0.2, 0) is 6.42 Å². The minimum absolute atomic E-state index is 0.312. The molecular weight excluding hydrogens is 412 g/mol. The van der Waals surface area contributed by atoms with Gasteiger partial charge in [-0.25, -0.2) is 4.98 Å². The van der Waals surface area contributed by atoms with Gasteiger partial charge in [0.1, 0.15) is 5.01 Å². The molecule has 0 saturated carbocycles. The predicted molar refractivity (Wildman–Crippen MR) is 96.9 cm³/mol. The Kier molecular flexibility index (Phi) is 4.30. The van der Waals surface area contributed by atoms with Gasteiger partial charge in [0.2, 0.25) is 0 Å². The molecule has 2 aromatic rings. The normalized spacial score (nSPS) is 20.3. The summed E-state index contributed by atoms with van der Waals surface area (Å²) in [5.41, 5.74) is 2.76. The van der Waals surface area contributed by atoms with Gasteiger partial charge in [-0.15, -0.1) is 11.3 Å². The van der Waals surface area contributed by atoms with Crippen LogP contribution in [-0.4, -0.2) is 12.0 Å². The molecule has 21 heavy (non-hydrogen) atoms. The zero-order valence-corrected chi connectivity index (χ0v) is 16.3. The summed E-state index contributed by atoms with van der Waals surface area (Å²) >= 11 is 8.92. The standard InChI is InChI=1S/C16H18Br2N2S/c1-16(2)7-12(19-3)14-13(8-16)20-15(21-14)9-4-5-10(17)11(18)6-9/h4-6,12,19H,7-8H2,1-3H3. The summed E-state index contributed by atoms with van der Waals surface area (Å²) in [6, 6.07) is 6.75. The van der Waals surface area contributed by atoms with Crippen LogP contribution < -0.4 is 5.32 Å². The average molecular weight is 430 g/mol. The van der Waals surface area contributed by atoms with Crippen molar-refractivity contribution in [1.29, 1.82) is 0 Å². The van der Waals surface area contributed by atoms with E-state index >= 15 is 0 Å². The summed E-state index contributed by atoms with van der Waals surface area (Å²) in [5, 5.41) is 4.57. The Morgan fingerprint density at radius 2 is 2.05 bits per heavy atom. The van der Waals surface area contributed by atoms with Crippen molar-refractivity contribution in [2.24, 2.45) is 5.41 Å². The molecule has 1 unspecified atom stereocenters. The highest BCUT2D eigenvalue weighted by atomic mass is 79.9. The van der Waals surface area contributed by atoms with Crippen LogP contribution in [0.3, 0.4) is 0 Å². The number of benzene rings is 1. The van der Waals surface area contributed by atoms with E-state index in [-0.39, 0.29) is 0 Å². The van der Waals surface area contributed by atoms with E-state index in [2.05, 4.69) is 69.2 Å². The van der Waals surface area contributed by atoms with Gasteiger partial charge in [-0.2, -0.15) is 0 Å².